The van der Waals surface area contributed by atoms with E-state index in [0.717, 1.165) is 15.7 Å². The number of hydrogen-bond acceptors (Lipinski definition) is 5. The third-order valence-electron chi connectivity index (χ3n) is 7.17. The van der Waals surface area contributed by atoms with Gasteiger partial charge in [-0.1, -0.05) is 36.4 Å². The van der Waals surface area contributed by atoms with Crippen LogP contribution in [-0.2, 0) is 16.1 Å². The summed E-state index contributed by atoms with van der Waals surface area (Å²) in [6, 6.07) is 13.2. The molecule has 1 aromatic heterocycles. The molecule has 2 heterocycles. The van der Waals surface area contributed by atoms with Crippen molar-refractivity contribution in [3.63, 3.8) is 0 Å². The van der Waals surface area contributed by atoms with Gasteiger partial charge in [-0.25, -0.2) is 23.5 Å². The maximum Gasteiger partial charge on any atom is 0.352 e. The average molecular weight is 593 g/mol. The summed E-state index contributed by atoms with van der Waals surface area (Å²) in [5, 5.41) is 10.1. The summed E-state index contributed by atoms with van der Waals surface area (Å²) in [5.74, 6) is -0.923. The van der Waals surface area contributed by atoms with Gasteiger partial charge >= 0.3 is 11.4 Å². The van der Waals surface area contributed by atoms with Gasteiger partial charge in [-0.15, -0.1) is 0 Å². The van der Waals surface area contributed by atoms with Crippen molar-refractivity contribution in [2.45, 2.75) is 31.8 Å². The predicted octanol–water partition coefficient (Wildman–Crippen LogP) is 3.25. The van der Waals surface area contributed by atoms with Crippen molar-refractivity contribution in [1.29, 1.82) is 0 Å². The number of benzene rings is 2. The molecule has 1 N–H and O–H groups in total. The molecule has 3 aliphatic rings. The van der Waals surface area contributed by atoms with Crippen molar-refractivity contribution in [1.82, 2.24) is 13.9 Å². The van der Waals surface area contributed by atoms with Crippen molar-refractivity contribution in [2.75, 3.05) is 0 Å². The molecule has 8 nitrogen and oxygen atoms in total. The van der Waals surface area contributed by atoms with Crippen LogP contribution in [0.3, 0.4) is 0 Å². The van der Waals surface area contributed by atoms with E-state index in [4.69, 9.17) is 0 Å². The SMILES string of the molecule is Cc1cc([C@H]2C3=CCn4c(=O)n(-c5ccccc5)c(=O)n4[C@@H]3CC3=C2C(=O)C(I)=CC3=O)ccc1O. The number of hydrogen-bond donors (Lipinski definition) is 1. The number of ketones is 2. The maximum absolute atomic E-state index is 13.7. The number of phenols is 1. The quantitative estimate of drug-likeness (QED) is 0.279. The molecule has 0 saturated carbocycles. The molecule has 0 spiro atoms. The van der Waals surface area contributed by atoms with Crippen LogP contribution in [0.25, 0.3) is 5.69 Å². The molecule has 6 rings (SSSR count). The van der Waals surface area contributed by atoms with Crippen LogP contribution in [-0.4, -0.2) is 30.6 Å². The molecule has 0 saturated heterocycles. The van der Waals surface area contributed by atoms with Crippen molar-refractivity contribution in [3.05, 3.63) is 113 Å². The first-order valence-corrected chi connectivity index (χ1v) is 12.5. The Balaban J connectivity index is 1.60. The fourth-order valence-electron chi connectivity index (χ4n) is 5.50. The Morgan fingerprint density at radius 1 is 1.00 bits per heavy atom. The molecular formula is C27H20IN3O5. The van der Waals surface area contributed by atoms with E-state index in [1.807, 2.05) is 34.7 Å². The van der Waals surface area contributed by atoms with E-state index in [1.54, 1.807) is 49.4 Å². The molecule has 0 radical (unpaired) electrons. The molecule has 1 aliphatic heterocycles. The Bertz CT molecular complexity index is 1700. The number of halogens is 1. The van der Waals surface area contributed by atoms with E-state index < -0.39 is 23.3 Å². The van der Waals surface area contributed by atoms with Crippen molar-refractivity contribution in [2.24, 2.45) is 0 Å². The summed E-state index contributed by atoms with van der Waals surface area (Å²) in [6.07, 6.45) is 3.36. The molecule has 2 atom stereocenters. The van der Waals surface area contributed by atoms with Crippen LogP contribution in [0.2, 0.25) is 0 Å². The number of aromatic nitrogens is 3. The second kappa shape index (κ2) is 8.16. The highest BCUT2D eigenvalue weighted by Gasteiger charge is 2.45. The number of rotatable bonds is 2. The van der Waals surface area contributed by atoms with Gasteiger partial charge in [0.1, 0.15) is 5.75 Å². The third kappa shape index (κ3) is 3.18. The van der Waals surface area contributed by atoms with Gasteiger partial charge in [0, 0.05) is 29.6 Å². The molecular weight excluding hydrogens is 573 g/mol. The summed E-state index contributed by atoms with van der Waals surface area (Å²) in [7, 11) is 0. The standard InChI is InChI=1S/C27H20IN3O5/c1-14-11-15(7-8-21(14)32)23-17-9-10-29-26(35)30(16-5-3-2-4-6-16)27(36)31(29)20(17)12-18-22(33)13-19(28)25(34)24(18)23/h2-9,11,13,20,23,32H,10,12H2,1H3/t20-,23+/m1/s1. The van der Waals surface area contributed by atoms with Gasteiger partial charge in [0.2, 0.25) is 0 Å². The van der Waals surface area contributed by atoms with Gasteiger partial charge in [-0.3, -0.25) is 9.59 Å². The Kier molecular flexibility index (Phi) is 5.15. The Morgan fingerprint density at radius 2 is 1.75 bits per heavy atom. The van der Waals surface area contributed by atoms with Gasteiger partial charge < -0.3 is 5.11 Å². The summed E-state index contributed by atoms with van der Waals surface area (Å²) in [6.45, 7) is 1.92. The lowest BCUT2D eigenvalue weighted by Gasteiger charge is -2.39. The molecule has 3 aromatic rings. The second-order valence-electron chi connectivity index (χ2n) is 9.14. The first-order valence-electron chi connectivity index (χ1n) is 11.5. The Labute approximate surface area is 218 Å². The highest BCUT2D eigenvalue weighted by Crippen LogP contribution is 2.50. The molecule has 2 aliphatic carbocycles. The smallest absolute Gasteiger partial charge is 0.352 e. The van der Waals surface area contributed by atoms with Crippen LogP contribution in [0.1, 0.15) is 29.5 Å². The van der Waals surface area contributed by atoms with E-state index in [1.165, 1.54) is 15.4 Å². The number of aromatic hydroxyl groups is 1. The number of para-hydroxylation sites is 1. The number of Topliss-reactive ketones (excluding diaryl/α,β-unsaturated/α-hetero) is 1. The first kappa shape index (κ1) is 22.7. The minimum Gasteiger partial charge on any atom is -0.508 e. The zero-order chi connectivity index (χ0) is 25.3. The largest absolute Gasteiger partial charge is 0.508 e. The fraction of sp³-hybridized carbons (Fsp3) is 0.185. The second-order valence-corrected chi connectivity index (χ2v) is 10.3. The lowest BCUT2D eigenvalue weighted by Crippen LogP contribution is -2.40. The van der Waals surface area contributed by atoms with Crippen LogP contribution in [0, 0.1) is 6.92 Å². The third-order valence-corrected chi connectivity index (χ3v) is 7.97. The maximum atomic E-state index is 13.7. The van der Waals surface area contributed by atoms with Gasteiger partial charge in [0.15, 0.2) is 11.6 Å². The van der Waals surface area contributed by atoms with Crippen molar-refractivity contribution < 1.29 is 14.7 Å². The number of fused-ring (bicyclic) bond motifs is 3. The zero-order valence-corrected chi connectivity index (χ0v) is 21.3. The predicted molar refractivity (Wildman–Crippen MR) is 141 cm³/mol. The van der Waals surface area contributed by atoms with Crippen molar-refractivity contribution >= 4 is 34.2 Å². The zero-order valence-electron chi connectivity index (χ0n) is 19.1. The van der Waals surface area contributed by atoms with E-state index in [2.05, 4.69) is 0 Å². The monoisotopic (exact) mass is 593 g/mol. The highest BCUT2D eigenvalue weighted by atomic mass is 127. The van der Waals surface area contributed by atoms with Crippen LogP contribution in [0.15, 0.2) is 90.6 Å². The lowest BCUT2D eigenvalue weighted by molar-refractivity contribution is -0.115. The van der Waals surface area contributed by atoms with E-state index in [9.17, 15) is 24.3 Å². The summed E-state index contributed by atoms with van der Waals surface area (Å²) in [5.41, 5.74) is 2.45. The number of carbonyl (C=O) groups excluding carboxylic acids is 2. The van der Waals surface area contributed by atoms with Crippen LogP contribution >= 0.6 is 22.6 Å². The van der Waals surface area contributed by atoms with Crippen molar-refractivity contribution in [3.8, 4) is 11.4 Å². The fourth-order valence-corrected chi connectivity index (χ4v) is 6.08. The number of phenolic OH excluding ortho intramolecular Hbond substituents is 1. The number of nitrogens with zero attached hydrogens (tertiary/aromatic N) is 3. The molecule has 36 heavy (non-hydrogen) atoms. The van der Waals surface area contributed by atoms with E-state index in [0.29, 0.717) is 26.0 Å². The molecule has 0 amide bonds. The molecule has 0 fully saturated rings. The summed E-state index contributed by atoms with van der Waals surface area (Å²) >= 11 is 1.89. The number of aryl methyl sites for hydroxylation is 1. The molecule has 0 bridgehead atoms. The molecule has 180 valence electrons. The first-order chi connectivity index (χ1) is 17.3. The number of carbonyl (C=O) groups is 2. The lowest BCUT2D eigenvalue weighted by atomic mass is 9.68. The Morgan fingerprint density at radius 3 is 2.47 bits per heavy atom. The normalized spacial score (nSPS) is 20.9. The highest BCUT2D eigenvalue weighted by molar-refractivity contribution is 14.1. The van der Waals surface area contributed by atoms with Crippen LogP contribution < -0.4 is 11.4 Å². The minimum atomic E-state index is -0.609. The summed E-state index contributed by atoms with van der Waals surface area (Å²) in [4.78, 5) is 53.5. The topological polar surface area (TPSA) is 103 Å². The van der Waals surface area contributed by atoms with E-state index >= 15 is 0 Å². The van der Waals surface area contributed by atoms with E-state index in [-0.39, 0.29) is 30.3 Å². The van der Waals surface area contributed by atoms with Crippen LogP contribution in [0.5, 0.6) is 5.75 Å². The average Bonchev–Trinajstić information content (AvgIpc) is 3.13. The van der Waals surface area contributed by atoms with Gasteiger partial charge in [0.05, 0.1) is 21.9 Å². The minimum absolute atomic E-state index is 0.128. The van der Waals surface area contributed by atoms with Gasteiger partial charge in [-0.05, 0) is 64.4 Å². The molecule has 0 unspecified atom stereocenters. The Hall–Kier alpha value is -3.73. The number of allylic oxidation sites excluding steroid dienone is 6. The molecule has 9 heteroatoms. The summed E-state index contributed by atoms with van der Waals surface area (Å²) < 4.78 is 4.30. The van der Waals surface area contributed by atoms with Gasteiger partial charge in [-0.2, -0.15) is 0 Å². The molecule has 2 aromatic carbocycles. The van der Waals surface area contributed by atoms with Gasteiger partial charge in [0.25, 0.3) is 0 Å². The van der Waals surface area contributed by atoms with Crippen LogP contribution in [0.4, 0.5) is 0 Å².